The van der Waals surface area contributed by atoms with E-state index in [9.17, 15) is 19.2 Å². The molecule has 0 heterocycles. The normalized spacial score (nSPS) is 11.3. The van der Waals surface area contributed by atoms with Crippen LogP contribution in [0, 0.1) is 5.92 Å². The number of ketones is 1. The Hall–Kier alpha value is -2.61. The number of ether oxygens (including phenoxy) is 1. The number of hydrogen-bond acceptors (Lipinski definition) is 5. The van der Waals surface area contributed by atoms with Crippen molar-refractivity contribution < 1.29 is 23.9 Å². The lowest BCUT2D eigenvalue weighted by atomic mass is 9.96. The molecule has 0 aromatic heterocycles. The molecular weight excluding hydrogens is 515 g/mol. The molecule has 35 heavy (non-hydrogen) atoms. The molecule has 0 aliphatic carbocycles. The number of nitrogens with zero attached hydrogens (tertiary/aromatic N) is 1. The summed E-state index contributed by atoms with van der Waals surface area (Å²) >= 11 is 18.3. The first-order valence-electron chi connectivity index (χ1n) is 10.8. The van der Waals surface area contributed by atoms with E-state index in [1.165, 1.54) is 23.1 Å². The Balaban J connectivity index is 2.31. The van der Waals surface area contributed by atoms with Gasteiger partial charge in [0, 0.05) is 5.69 Å². The van der Waals surface area contributed by atoms with Gasteiger partial charge in [0.15, 0.2) is 0 Å². The number of anilines is 1. The van der Waals surface area contributed by atoms with E-state index in [2.05, 4.69) is 0 Å². The van der Waals surface area contributed by atoms with Crippen LogP contribution in [0.1, 0.15) is 56.5 Å². The van der Waals surface area contributed by atoms with Crippen LogP contribution in [0.5, 0.6) is 0 Å². The van der Waals surface area contributed by atoms with Crippen molar-refractivity contribution in [2.75, 3.05) is 4.90 Å². The van der Waals surface area contributed by atoms with E-state index < -0.39 is 35.6 Å². The van der Waals surface area contributed by atoms with E-state index in [4.69, 9.17) is 45.3 Å². The molecule has 188 valence electrons. The van der Waals surface area contributed by atoms with Crippen molar-refractivity contribution in [2.45, 2.75) is 52.7 Å². The highest BCUT2D eigenvalue weighted by Crippen LogP contribution is 2.28. The number of benzene rings is 2. The van der Waals surface area contributed by atoms with Crippen LogP contribution in [-0.2, 0) is 25.7 Å². The summed E-state index contributed by atoms with van der Waals surface area (Å²) in [6, 6.07) is 9.04. The standard InChI is InChI=1S/C25H27Cl3N2O5/c1-14(2)12-25(3,4)35-24(34)21(31)11-22(32)30(13-15-5-8-18(26)20(28)9-15)16-6-7-17(23(29)33)19(27)10-16/h5-10,14H,11-13H2,1-4H3,(H2,29,33). The second-order valence-corrected chi connectivity index (χ2v) is 10.3. The Bertz CT molecular complexity index is 1150. The lowest BCUT2D eigenvalue weighted by Crippen LogP contribution is -2.37. The molecule has 2 aromatic carbocycles. The Kier molecular flexibility index (Phi) is 9.72. The monoisotopic (exact) mass is 540 g/mol. The first-order chi connectivity index (χ1) is 16.2. The molecule has 0 atom stereocenters. The summed E-state index contributed by atoms with van der Waals surface area (Å²) in [4.78, 5) is 50.9. The summed E-state index contributed by atoms with van der Waals surface area (Å²) in [6.45, 7) is 7.34. The van der Waals surface area contributed by atoms with Gasteiger partial charge in [0.1, 0.15) is 5.60 Å². The summed E-state index contributed by atoms with van der Waals surface area (Å²) in [7, 11) is 0. The van der Waals surface area contributed by atoms with Gasteiger partial charge in [-0.1, -0.05) is 54.7 Å². The molecule has 2 amide bonds. The van der Waals surface area contributed by atoms with Crippen LogP contribution in [-0.4, -0.2) is 29.2 Å². The van der Waals surface area contributed by atoms with Gasteiger partial charge in [0.05, 0.1) is 33.6 Å². The number of rotatable bonds is 10. The lowest BCUT2D eigenvalue weighted by molar-refractivity contribution is -0.165. The predicted octanol–water partition coefficient (Wildman–Crippen LogP) is 5.61. The lowest BCUT2D eigenvalue weighted by Gasteiger charge is -2.27. The molecule has 0 radical (unpaired) electrons. The van der Waals surface area contributed by atoms with E-state index in [0.29, 0.717) is 17.0 Å². The van der Waals surface area contributed by atoms with Crippen LogP contribution in [0.3, 0.4) is 0 Å². The fourth-order valence-electron chi connectivity index (χ4n) is 3.65. The maximum atomic E-state index is 13.2. The van der Waals surface area contributed by atoms with Gasteiger partial charge < -0.3 is 15.4 Å². The zero-order chi connectivity index (χ0) is 26.5. The number of hydrogen-bond donors (Lipinski definition) is 1. The first kappa shape index (κ1) is 28.6. The average molecular weight is 542 g/mol. The molecule has 7 nitrogen and oxygen atoms in total. The fourth-order valence-corrected chi connectivity index (χ4v) is 4.24. The molecule has 2 aromatic rings. The number of primary amides is 1. The SMILES string of the molecule is CC(C)CC(C)(C)OC(=O)C(=O)CC(=O)N(Cc1ccc(Cl)c(Cl)c1)c1ccc(C(N)=O)c(Cl)c1. The fraction of sp³-hybridized carbons (Fsp3) is 0.360. The minimum atomic E-state index is -1.08. The van der Waals surface area contributed by atoms with Crippen LogP contribution in [0.4, 0.5) is 5.69 Å². The van der Waals surface area contributed by atoms with Gasteiger partial charge in [-0.05, 0) is 62.1 Å². The number of carbonyl (C=O) groups excluding carboxylic acids is 4. The number of amides is 2. The molecule has 0 saturated carbocycles. The van der Waals surface area contributed by atoms with Gasteiger partial charge in [-0.2, -0.15) is 0 Å². The van der Waals surface area contributed by atoms with Crippen molar-refractivity contribution in [1.29, 1.82) is 0 Å². The zero-order valence-corrected chi connectivity index (χ0v) is 22.1. The van der Waals surface area contributed by atoms with Gasteiger partial charge >= 0.3 is 5.97 Å². The molecule has 2 rings (SSSR count). The Morgan fingerprint density at radius 1 is 0.971 bits per heavy atom. The third-order valence-corrected chi connectivity index (χ3v) is 6.02. The summed E-state index contributed by atoms with van der Waals surface area (Å²) < 4.78 is 5.34. The quantitative estimate of drug-likeness (QED) is 0.239. The molecule has 0 unspecified atom stereocenters. The topological polar surface area (TPSA) is 107 Å². The van der Waals surface area contributed by atoms with Crippen LogP contribution in [0.25, 0.3) is 0 Å². The number of nitrogens with two attached hydrogens (primary N) is 1. The van der Waals surface area contributed by atoms with Crippen molar-refractivity contribution in [1.82, 2.24) is 0 Å². The minimum absolute atomic E-state index is 0.0108. The molecule has 0 saturated heterocycles. The summed E-state index contributed by atoms with van der Waals surface area (Å²) in [5, 5.41) is 0.651. The van der Waals surface area contributed by atoms with Crippen LogP contribution < -0.4 is 10.6 Å². The smallest absolute Gasteiger partial charge is 0.375 e. The van der Waals surface area contributed by atoms with E-state index in [-0.39, 0.29) is 33.8 Å². The summed E-state index contributed by atoms with van der Waals surface area (Å²) in [6.07, 6.45) is -0.179. The van der Waals surface area contributed by atoms with E-state index >= 15 is 0 Å². The Labute approximate surface area is 219 Å². The molecule has 0 aliphatic heterocycles. The molecule has 10 heteroatoms. The van der Waals surface area contributed by atoms with Crippen molar-refractivity contribution in [3.63, 3.8) is 0 Å². The minimum Gasteiger partial charge on any atom is -0.454 e. The summed E-state index contributed by atoms with van der Waals surface area (Å²) in [5.74, 6) is -3.23. The second-order valence-electron chi connectivity index (χ2n) is 9.10. The molecule has 0 aliphatic rings. The highest BCUT2D eigenvalue weighted by Gasteiger charge is 2.30. The van der Waals surface area contributed by atoms with Crippen LogP contribution in [0.15, 0.2) is 36.4 Å². The van der Waals surface area contributed by atoms with Gasteiger partial charge in [-0.3, -0.25) is 14.4 Å². The number of Topliss-reactive ketones (excluding diaryl/α,β-unsaturated/α-hetero) is 1. The first-order valence-corrected chi connectivity index (χ1v) is 11.9. The van der Waals surface area contributed by atoms with Gasteiger partial charge in [0.2, 0.25) is 17.6 Å². The van der Waals surface area contributed by atoms with Gasteiger partial charge in [0.25, 0.3) is 0 Å². The Morgan fingerprint density at radius 3 is 2.17 bits per heavy atom. The van der Waals surface area contributed by atoms with Crippen LogP contribution in [0.2, 0.25) is 15.1 Å². The maximum Gasteiger partial charge on any atom is 0.375 e. The van der Waals surface area contributed by atoms with Crippen molar-refractivity contribution in [3.05, 3.63) is 62.6 Å². The molecule has 0 spiro atoms. The molecule has 0 fully saturated rings. The van der Waals surface area contributed by atoms with E-state index in [0.717, 1.165) is 0 Å². The second kappa shape index (κ2) is 11.9. The van der Waals surface area contributed by atoms with Crippen molar-refractivity contribution >= 4 is 64.1 Å². The van der Waals surface area contributed by atoms with Crippen molar-refractivity contribution in [3.8, 4) is 0 Å². The highest BCUT2D eigenvalue weighted by atomic mass is 35.5. The van der Waals surface area contributed by atoms with E-state index in [1.54, 1.807) is 32.0 Å². The van der Waals surface area contributed by atoms with Gasteiger partial charge in [-0.15, -0.1) is 0 Å². The molecule has 0 bridgehead atoms. The summed E-state index contributed by atoms with van der Waals surface area (Å²) in [5.41, 5.74) is 5.42. The Morgan fingerprint density at radius 2 is 1.63 bits per heavy atom. The predicted molar refractivity (Wildman–Crippen MR) is 137 cm³/mol. The molecular formula is C25H27Cl3N2O5. The molecule has 2 N–H and O–H groups in total. The number of halogens is 3. The largest absolute Gasteiger partial charge is 0.454 e. The van der Waals surface area contributed by atoms with Crippen molar-refractivity contribution in [2.24, 2.45) is 11.7 Å². The van der Waals surface area contributed by atoms with Gasteiger partial charge in [-0.25, -0.2) is 4.79 Å². The zero-order valence-electron chi connectivity index (χ0n) is 19.9. The third-order valence-electron chi connectivity index (χ3n) is 4.96. The number of carbonyl (C=O) groups is 4. The van der Waals surface area contributed by atoms with E-state index in [1.807, 2.05) is 13.8 Å². The maximum absolute atomic E-state index is 13.2. The number of esters is 1. The van der Waals surface area contributed by atoms with Crippen LogP contribution >= 0.6 is 34.8 Å². The third kappa shape index (κ3) is 8.23. The highest BCUT2D eigenvalue weighted by molar-refractivity contribution is 6.42. The average Bonchev–Trinajstić information content (AvgIpc) is 2.72.